The van der Waals surface area contributed by atoms with Gasteiger partial charge in [-0.1, -0.05) is 11.8 Å². The zero-order chi connectivity index (χ0) is 11.1. The maximum absolute atomic E-state index is 10.8. The summed E-state index contributed by atoms with van der Waals surface area (Å²) in [5, 5.41) is 2.56. The molecule has 1 aromatic heterocycles. The van der Waals surface area contributed by atoms with Crippen molar-refractivity contribution in [2.24, 2.45) is 5.73 Å². The van der Waals surface area contributed by atoms with E-state index in [1.807, 2.05) is 19.1 Å². The summed E-state index contributed by atoms with van der Waals surface area (Å²) in [6.07, 6.45) is 1.71. The molecule has 0 aliphatic rings. The van der Waals surface area contributed by atoms with Gasteiger partial charge in [-0.15, -0.1) is 0 Å². The van der Waals surface area contributed by atoms with Gasteiger partial charge in [-0.3, -0.25) is 9.78 Å². The molecule has 1 amide bonds. The van der Waals surface area contributed by atoms with E-state index in [0.717, 1.165) is 11.3 Å². The van der Waals surface area contributed by atoms with Crippen molar-refractivity contribution >= 4 is 5.91 Å². The Labute approximate surface area is 88.9 Å². The van der Waals surface area contributed by atoms with Crippen LogP contribution in [0.15, 0.2) is 18.3 Å². The van der Waals surface area contributed by atoms with Gasteiger partial charge in [0, 0.05) is 17.5 Å². The molecule has 0 atom stereocenters. The fraction of sp³-hybridized carbons (Fsp3) is 0.273. The van der Waals surface area contributed by atoms with Crippen LogP contribution in [0.25, 0.3) is 0 Å². The highest BCUT2D eigenvalue weighted by molar-refractivity contribution is 5.77. The van der Waals surface area contributed by atoms with E-state index >= 15 is 0 Å². The van der Waals surface area contributed by atoms with Gasteiger partial charge in [-0.05, 0) is 19.1 Å². The Bertz CT molecular complexity index is 404. The zero-order valence-electron chi connectivity index (χ0n) is 8.58. The third kappa shape index (κ3) is 4.25. The fourth-order valence-electron chi connectivity index (χ4n) is 0.985. The summed E-state index contributed by atoms with van der Waals surface area (Å²) in [5.74, 6) is 5.55. The number of carbonyl (C=O) groups excluding carboxylic acids is 1. The number of nitrogens with one attached hydrogen (secondary N) is 1. The Balaban J connectivity index is 2.48. The van der Waals surface area contributed by atoms with Gasteiger partial charge in [0.2, 0.25) is 5.91 Å². The second kappa shape index (κ2) is 5.78. The van der Waals surface area contributed by atoms with Gasteiger partial charge in [0.15, 0.2) is 0 Å². The lowest BCUT2D eigenvalue weighted by Gasteiger charge is -1.95. The van der Waals surface area contributed by atoms with Crippen LogP contribution in [0.5, 0.6) is 0 Å². The first-order chi connectivity index (χ1) is 7.22. The molecule has 4 nitrogen and oxygen atoms in total. The summed E-state index contributed by atoms with van der Waals surface area (Å²) in [5.41, 5.74) is 6.93. The number of nitrogens with zero attached hydrogens (tertiary/aromatic N) is 1. The summed E-state index contributed by atoms with van der Waals surface area (Å²) >= 11 is 0. The molecular formula is C11H13N3O. The minimum atomic E-state index is -0.199. The minimum Gasteiger partial charge on any atom is -0.344 e. The van der Waals surface area contributed by atoms with Crippen LogP contribution in [-0.4, -0.2) is 24.0 Å². The first kappa shape index (κ1) is 11.2. The number of hydrogen-bond donors (Lipinski definition) is 2. The van der Waals surface area contributed by atoms with Gasteiger partial charge in [0.25, 0.3) is 0 Å². The molecule has 78 valence electrons. The zero-order valence-corrected chi connectivity index (χ0v) is 8.58. The Kier molecular flexibility index (Phi) is 4.32. The third-order valence-corrected chi connectivity index (χ3v) is 1.69. The van der Waals surface area contributed by atoms with Gasteiger partial charge in [-0.2, -0.15) is 0 Å². The van der Waals surface area contributed by atoms with Crippen LogP contribution in [0, 0.1) is 18.8 Å². The SMILES string of the molecule is Cc1cc(C#CCNC(=O)CN)ccn1. The van der Waals surface area contributed by atoms with Crippen molar-refractivity contribution < 1.29 is 4.79 Å². The van der Waals surface area contributed by atoms with E-state index in [9.17, 15) is 4.79 Å². The highest BCUT2D eigenvalue weighted by Gasteiger charge is 1.91. The molecule has 4 heteroatoms. The number of nitrogens with two attached hydrogens (primary N) is 1. The number of aryl methyl sites for hydroxylation is 1. The molecule has 0 radical (unpaired) electrons. The van der Waals surface area contributed by atoms with E-state index < -0.39 is 0 Å². The molecule has 0 fully saturated rings. The normalized spacial score (nSPS) is 8.93. The van der Waals surface area contributed by atoms with Crippen LogP contribution in [-0.2, 0) is 4.79 Å². The van der Waals surface area contributed by atoms with E-state index in [0.29, 0.717) is 6.54 Å². The van der Waals surface area contributed by atoms with Crippen molar-refractivity contribution in [3.63, 3.8) is 0 Å². The fourth-order valence-corrected chi connectivity index (χ4v) is 0.985. The Morgan fingerprint density at radius 1 is 1.67 bits per heavy atom. The lowest BCUT2D eigenvalue weighted by Crippen LogP contribution is -2.30. The Morgan fingerprint density at radius 3 is 3.13 bits per heavy atom. The van der Waals surface area contributed by atoms with Crippen LogP contribution in [0.2, 0.25) is 0 Å². The van der Waals surface area contributed by atoms with Crippen molar-refractivity contribution in [1.82, 2.24) is 10.3 Å². The molecule has 3 N–H and O–H groups in total. The molecule has 0 saturated carbocycles. The minimum absolute atomic E-state index is 0.00392. The average molecular weight is 203 g/mol. The van der Waals surface area contributed by atoms with Crippen LogP contribution < -0.4 is 11.1 Å². The molecule has 1 aromatic rings. The van der Waals surface area contributed by atoms with Gasteiger partial charge >= 0.3 is 0 Å². The number of rotatable bonds is 2. The molecule has 0 aromatic carbocycles. The molecule has 0 spiro atoms. The second-order valence-electron chi connectivity index (χ2n) is 2.97. The van der Waals surface area contributed by atoms with E-state index in [4.69, 9.17) is 5.73 Å². The largest absolute Gasteiger partial charge is 0.344 e. The first-order valence-corrected chi connectivity index (χ1v) is 4.60. The summed E-state index contributed by atoms with van der Waals surface area (Å²) in [6.45, 7) is 2.22. The highest BCUT2D eigenvalue weighted by Crippen LogP contribution is 1.97. The topological polar surface area (TPSA) is 68.0 Å². The monoisotopic (exact) mass is 203 g/mol. The van der Waals surface area contributed by atoms with Crippen molar-refractivity contribution in [2.75, 3.05) is 13.1 Å². The summed E-state index contributed by atoms with van der Waals surface area (Å²) in [6, 6.07) is 3.71. The van der Waals surface area contributed by atoms with Crippen LogP contribution in [0.3, 0.4) is 0 Å². The van der Waals surface area contributed by atoms with Crippen molar-refractivity contribution in [1.29, 1.82) is 0 Å². The number of aromatic nitrogens is 1. The number of pyridine rings is 1. The predicted molar refractivity (Wildman–Crippen MR) is 57.9 cm³/mol. The molecule has 1 heterocycles. The Hall–Kier alpha value is -1.86. The van der Waals surface area contributed by atoms with Gasteiger partial charge < -0.3 is 11.1 Å². The summed E-state index contributed by atoms with van der Waals surface area (Å²) in [4.78, 5) is 14.8. The number of amides is 1. The third-order valence-electron chi connectivity index (χ3n) is 1.69. The molecule has 0 saturated heterocycles. The first-order valence-electron chi connectivity index (χ1n) is 4.60. The maximum atomic E-state index is 10.8. The number of hydrogen-bond acceptors (Lipinski definition) is 3. The molecular weight excluding hydrogens is 190 g/mol. The van der Waals surface area contributed by atoms with Gasteiger partial charge in [-0.25, -0.2) is 0 Å². The van der Waals surface area contributed by atoms with Crippen LogP contribution in [0.1, 0.15) is 11.3 Å². The molecule has 0 aliphatic carbocycles. The Morgan fingerprint density at radius 2 is 2.47 bits per heavy atom. The second-order valence-corrected chi connectivity index (χ2v) is 2.97. The number of carbonyl (C=O) groups is 1. The standard InChI is InChI=1S/C11H13N3O/c1-9-7-10(4-6-13-9)3-2-5-14-11(15)8-12/h4,6-7H,5,8,12H2,1H3,(H,14,15). The molecule has 15 heavy (non-hydrogen) atoms. The molecule has 0 bridgehead atoms. The van der Waals surface area contributed by atoms with E-state index in [2.05, 4.69) is 22.1 Å². The average Bonchev–Trinajstić information content (AvgIpc) is 2.24. The lowest BCUT2D eigenvalue weighted by molar-refractivity contribution is -0.119. The smallest absolute Gasteiger partial charge is 0.234 e. The van der Waals surface area contributed by atoms with Crippen LogP contribution in [0.4, 0.5) is 0 Å². The van der Waals surface area contributed by atoms with E-state index in [1.165, 1.54) is 0 Å². The molecule has 0 unspecified atom stereocenters. The van der Waals surface area contributed by atoms with E-state index in [1.54, 1.807) is 6.20 Å². The van der Waals surface area contributed by atoms with Gasteiger partial charge in [0.1, 0.15) is 0 Å². The van der Waals surface area contributed by atoms with Crippen molar-refractivity contribution in [3.05, 3.63) is 29.6 Å². The predicted octanol–water partition coefficient (Wildman–Crippen LogP) is -0.184. The van der Waals surface area contributed by atoms with Crippen molar-refractivity contribution in [2.45, 2.75) is 6.92 Å². The van der Waals surface area contributed by atoms with Crippen molar-refractivity contribution in [3.8, 4) is 11.8 Å². The van der Waals surface area contributed by atoms with E-state index in [-0.39, 0.29) is 12.5 Å². The summed E-state index contributed by atoms with van der Waals surface area (Å²) in [7, 11) is 0. The lowest BCUT2D eigenvalue weighted by atomic mass is 10.2. The summed E-state index contributed by atoms with van der Waals surface area (Å²) < 4.78 is 0. The highest BCUT2D eigenvalue weighted by atomic mass is 16.1. The molecule has 1 rings (SSSR count). The van der Waals surface area contributed by atoms with Gasteiger partial charge in [0.05, 0.1) is 13.1 Å². The van der Waals surface area contributed by atoms with Crippen LogP contribution >= 0.6 is 0 Å². The maximum Gasteiger partial charge on any atom is 0.234 e. The quantitative estimate of drug-likeness (QED) is 0.655. The molecule has 0 aliphatic heterocycles.